The average Bonchev–Trinajstić information content (AvgIpc) is 2.16. The van der Waals surface area contributed by atoms with Crippen LogP contribution in [0.1, 0.15) is 13.3 Å². The zero-order valence-electron chi connectivity index (χ0n) is 7.55. The van der Waals surface area contributed by atoms with Gasteiger partial charge in [-0.2, -0.15) is 0 Å². The molecule has 1 aromatic rings. The van der Waals surface area contributed by atoms with Crippen LogP contribution in [0.15, 0.2) is 47.0 Å². The highest BCUT2D eigenvalue weighted by Gasteiger charge is 1.92. The van der Waals surface area contributed by atoms with Gasteiger partial charge in [0.05, 0.1) is 0 Å². The summed E-state index contributed by atoms with van der Waals surface area (Å²) >= 11 is 0. The van der Waals surface area contributed by atoms with Crippen LogP contribution in [0, 0.1) is 0 Å². The van der Waals surface area contributed by atoms with Crippen molar-refractivity contribution >= 4 is 13.6 Å². The van der Waals surface area contributed by atoms with E-state index in [1.165, 1.54) is 0 Å². The second-order valence-electron chi connectivity index (χ2n) is 2.53. The van der Waals surface area contributed by atoms with Crippen molar-refractivity contribution in [3.63, 3.8) is 0 Å². The van der Waals surface area contributed by atoms with Gasteiger partial charge in [0.1, 0.15) is 11.5 Å². The van der Waals surface area contributed by atoms with Gasteiger partial charge in [-0.3, -0.25) is 0 Å². The van der Waals surface area contributed by atoms with Crippen LogP contribution in [-0.4, -0.2) is 0 Å². The van der Waals surface area contributed by atoms with E-state index in [1.54, 1.807) is 5.82 Å². The predicted molar refractivity (Wildman–Crippen MR) is 54.9 cm³/mol. The molecule has 68 valence electrons. The SMILES string of the molecule is CCC=C[P+]([O-])=Nc1ccccc1. The molecule has 0 heterocycles. The Hall–Kier alpha value is -0.980. The van der Waals surface area contributed by atoms with Crippen molar-refractivity contribution in [2.24, 2.45) is 4.74 Å². The summed E-state index contributed by atoms with van der Waals surface area (Å²) in [6.45, 7) is 2.00. The maximum absolute atomic E-state index is 11.3. The molecule has 2 nitrogen and oxygen atoms in total. The van der Waals surface area contributed by atoms with Gasteiger partial charge in [0.25, 0.3) is 0 Å². The molecule has 0 aliphatic rings. The molecule has 0 saturated heterocycles. The number of rotatable bonds is 3. The van der Waals surface area contributed by atoms with E-state index < -0.39 is 7.94 Å². The molecule has 0 amide bonds. The van der Waals surface area contributed by atoms with Gasteiger partial charge >= 0.3 is 0 Å². The van der Waals surface area contributed by atoms with Gasteiger partial charge in [-0.15, -0.1) is 0 Å². The maximum Gasteiger partial charge on any atom is 0.201 e. The van der Waals surface area contributed by atoms with Crippen LogP contribution in [0.4, 0.5) is 5.69 Å². The van der Waals surface area contributed by atoms with E-state index in [0.29, 0.717) is 0 Å². The van der Waals surface area contributed by atoms with Crippen LogP contribution in [0.5, 0.6) is 0 Å². The molecule has 0 aliphatic carbocycles. The molecule has 0 bridgehead atoms. The molecule has 0 radical (unpaired) electrons. The van der Waals surface area contributed by atoms with E-state index >= 15 is 0 Å². The monoisotopic (exact) mass is 193 g/mol. The number of allylic oxidation sites excluding steroid dienone is 1. The predicted octanol–water partition coefficient (Wildman–Crippen LogP) is 3.18. The van der Waals surface area contributed by atoms with Crippen LogP contribution in [0.3, 0.4) is 0 Å². The molecule has 0 aliphatic heterocycles. The van der Waals surface area contributed by atoms with Crippen molar-refractivity contribution < 1.29 is 4.89 Å². The molecule has 0 fully saturated rings. The van der Waals surface area contributed by atoms with Crippen LogP contribution < -0.4 is 4.89 Å². The third kappa shape index (κ3) is 3.97. The fraction of sp³-hybridized carbons (Fsp3) is 0.200. The summed E-state index contributed by atoms with van der Waals surface area (Å²) in [5, 5.41) is 0. The number of nitrogens with zero attached hydrogens (tertiary/aromatic N) is 1. The lowest BCUT2D eigenvalue weighted by atomic mass is 10.3. The number of hydrogen-bond acceptors (Lipinski definition) is 2. The Balaban J connectivity index is 2.71. The van der Waals surface area contributed by atoms with E-state index in [0.717, 1.165) is 12.1 Å². The first-order valence-electron chi connectivity index (χ1n) is 4.22. The van der Waals surface area contributed by atoms with Crippen LogP contribution >= 0.6 is 7.94 Å². The molecule has 0 spiro atoms. The highest BCUT2D eigenvalue weighted by Crippen LogP contribution is 2.24. The normalized spacial score (nSPS) is 12.3. The van der Waals surface area contributed by atoms with Crippen LogP contribution in [0.25, 0.3) is 0 Å². The first-order chi connectivity index (χ1) is 6.33. The zero-order valence-corrected chi connectivity index (χ0v) is 8.45. The Morgan fingerprint density at radius 2 is 2.08 bits per heavy atom. The van der Waals surface area contributed by atoms with Crippen molar-refractivity contribution in [2.75, 3.05) is 0 Å². The van der Waals surface area contributed by atoms with Gasteiger partial charge in [-0.05, 0) is 24.6 Å². The molecule has 1 rings (SSSR count). The van der Waals surface area contributed by atoms with E-state index in [4.69, 9.17) is 0 Å². The minimum absolute atomic E-state index is 0.768. The lowest BCUT2D eigenvalue weighted by Gasteiger charge is -1.89. The Kier molecular flexibility index (Phi) is 4.37. The Morgan fingerprint density at radius 1 is 1.38 bits per heavy atom. The number of hydrogen-bond donors (Lipinski definition) is 0. The van der Waals surface area contributed by atoms with Crippen molar-refractivity contribution in [1.82, 2.24) is 0 Å². The highest BCUT2D eigenvalue weighted by atomic mass is 31.1. The highest BCUT2D eigenvalue weighted by molar-refractivity contribution is 7.43. The van der Waals surface area contributed by atoms with E-state index in [1.807, 2.05) is 43.3 Å². The van der Waals surface area contributed by atoms with Crippen molar-refractivity contribution in [1.29, 1.82) is 0 Å². The molecule has 1 aromatic carbocycles. The third-order valence-electron chi connectivity index (χ3n) is 1.44. The lowest BCUT2D eigenvalue weighted by molar-refractivity contribution is -0.152. The second-order valence-corrected chi connectivity index (χ2v) is 3.63. The minimum atomic E-state index is -1.57. The zero-order chi connectivity index (χ0) is 9.52. The quantitative estimate of drug-likeness (QED) is 0.679. The summed E-state index contributed by atoms with van der Waals surface area (Å²) in [7, 11) is -1.57. The van der Waals surface area contributed by atoms with E-state index in [2.05, 4.69) is 4.74 Å². The van der Waals surface area contributed by atoms with Gasteiger partial charge in [-0.25, -0.2) is 0 Å². The smallest absolute Gasteiger partial charge is 0.201 e. The summed E-state index contributed by atoms with van der Waals surface area (Å²) < 4.78 is 4.02. The fourth-order valence-electron chi connectivity index (χ4n) is 0.837. The van der Waals surface area contributed by atoms with E-state index in [-0.39, 0.29) is 0 Å². The molecule has 0 aromatic heterocycles. The second kappa shape index (κ2) is 5.63. The van der Waals surface area contributed by atoms with Gasteiger partial charge in [0, 0.05) is 0 Å². The minimum Gasteiger partial charge on any atom is -0.608 e. The molecule has 1 unspecified atom stereocenters. The Bertz CT molecular complexity index is 306. The first kappa shape index (κ1) is 10.1. The molecule has 13 heavy (non-hydrogen) atoms. The first-order valence-corrected chi connectivity index (χ1v) is 5.51. The Morgan fingerprint density at radius 3 is 2.69 bits per heavy atom. The molecule has 0 N–H and O–H groups in total. The summed E-state index contributed by atoms with van der Waals surface area (Å²) in [6, 6.07) is 9.35. The van der Waals surface area contributed by atoms with E-state index in [9.17, 15) is 4.89 Å². The maximum atomic E-state index is 11.3. The van der Waals surface area contributed by atoms with Gasteiger partial charge in [0.2, 0.25) is 7.94 Å². The van der Waals surface area contributed by atoms with Gasteiger partial charge in [-0.1, -0.05) is 29.9 Å². The van der Waals surface area contributed by atoms with Crippen molar-refractivity contribution in [3.8, 4) is 0 Å². The topological polar surface area (TPSA) is 35.4 Å². The summed E-state index contributed by atoms with van der Waals surface area (Å²) in [4.78, 5) is 11.3. The Labute approximate surface area is 79.5 Å². The molecular formula is C10H12NOP. The standard InChI is InChI=1S/C10H12NOP/c1-2-3-9-13(12)11-10-7-5-4-6-8-10/h3-9H,2H2,1H3. The van der Waals surface area contributed by atoms with Crippen LogP contribution in [0.2, 0.25) is 0 Å². The molecule has 1 atom stereocenters. The largest absolute Gasteiger partial charge is 0.608 e. The summed E-state index contributed by atoms with van der Waals surface area (Å²) in [6.07, 6.45) is 2.76. The van der Waals surface area contributed by atoms with Crippen LogP contribution in [-0.2, 0) is 0 Å². The lowest BCUT2D eigenvalue weighted by Crippen LogP contribution is -1.80. The van der Waals surface area contributed by atoms with Gasteiger partial charge < -0.3 is 4.89 Å². The van der Waals surface area contributed by atoms with Crippen molar-refractivity contribution in [3.05, 3.63) is 42.2 Å². The fourth-order valence-corrected chi connectivity index (χ4v) is 1.66. The summed E-state index contributed by atoms with van der Waals surface area (Å²) in [5.41, 5.74) is 0.768. The average molecular weight is 193 g/mol. The van der Waals surface area contributed by atoms with Gasteiger partial charge in [0.15, 0.2) is 0 Å². The van der Waals surface area contributed by atoms with Crippen molar-refractivity contribution in [2.45, 2.75) is 13.3 Å². The molecular weight excluding hydrogens is 181 g/mol. The third-order valence-corrected chi connectivity index (χ3v) is 2.33. The number of benzene rings is 1. The molecule has 0 saturated carbocycles. The molecule has 3 heteroatoms. The summed E-state index contributed by atoms with van der Waals surface area (Å²) in [5.74, 6) is 1.64.